The monoisotopic (exact) mass is 394 g/mol. The first-order chi connectivity index (χ1) is 10.8. The van der Waals surface area contributed by atoms with Crippen LogP contribution in [0, 0.1) is 11.3 Å². The van der Waals surface area contributed by atoms with E-state index in [1.807, 2.05) is 6.07 Å². The summed E-state index contributed by atoms with van der Waals surface area (Å²) in [5, 5.41) is 11.7. The maximum atomic E-state index is 12.2. The Hall–Kier alpha value is -1.97. The molecule has 0 atom stereocenters. The molecule has 0 aromatic heterocycles. The number of nitriles is 1. The van der Waals surface area contributed by atoms with Crippen molar-refractivity contribution in [2.24, 2.45) is 0 Å². The molecule has 8 heteroatoms. The number of carbonyl (C=O) groups excluding carboxylic acids is 1. The number of rotatable bonds is 4. The Bertz CT molecular complexity index is 824. The van der Waals surface area contributed by atoms with Gasteiger partial charge in [-0.25, -0.2) is 0 Å². The van der Waals surface area contributed by atoms with Gasteiger partial charge in [-0.1, -0.05) is 28.1 Å². The topological polar surface area (TPSA) is 110 Å². The predicted octanol–water partition coefficient (Wildman–Crippen LogP) is 3.25. The van der Waals surface area contributed by atoms with Crippen LogP contribution in [0.15, 0.2) is 46.9 Å². The Kier molecular flexibility index (Phi) is 5.34. The summed E-state index contributed by atoms with van der Waals surface area (Å²) < 4.78 is 11.7. The van der Waals surface area contributed by atoms with E-state index in [1.165, 1.54) is 24.3 Å². The van der Waals surface area contributed by atoms with E-state index in [0.717, 1.165) is 4.47 Å². The van der Waals surface area contributed by atoms with Crippen molar-refractivity contribution in [2.75, 3.05) is 5.32 Å². The smallest absolute Gasteiger partial charge is 0.324 e. The molecular formula is C15H12BrN2O4P. The van der Waals surface area contributed by atoms with Gasteiger partial charge >= 0.3 is 7.60 Å². The number of nitrogens with one attached hydrogen (secondary N) is 1. The third-order valence-corrected chi connectivity index (χ3v) is 4.23. The first kappa shape index (κ1) is 17.4. The molecule has 0 unspecified atom stereocenters. The molecule has 0 fully saturated rings. The van der Waals surface area contributed by atoms with Crippen LogP contribution in [-0.2, 0) is 10.7 Å². The van der Waals surface area contributed by atoms with Crippen molar-refractivity contribution >= 4 is 35.1 Å². The molecule has 0 saturated heterocycles. The maximum absolute atomic E-state index is 12.2. The van der Waals surface area contributed by atoms with E-state index in [1.54, 1.807) is 18.2 Å². The number of amides is 1. The molecule has 23 heavy (non-hydrogen) atoms. The number of nitrogens with zero attached hydrogens (tertiary/aromatic N) is 1. The summed E-state index contributed by atoms with van der Waals surface area (Å²) in [4.78, 5) is 30.0. The van der Waals surface area contributed by atoms with Crippen LogP contribution >= 0.6 is 23.5 Å². The molecule has 118 valence electrons. The molecule has 0 bridgehead atoms. The molecule has 0 aliphatic rings. The number of carbonyl (C=O) groups is 1. The highest BCUT2D eigenvalue weighted by molar-refractivity contribution is 9.10. The van der Waals surface area contributed by atoms with E-state index < -0.39 is 13.5 Å². The summed E-state index contributed by atoms with van der Waals surface area (Å²) in [5.41, 5.74) is 1.48. The Labute approximate surface area is 141 Å². The van der Waals surface area contributed by atoms with Crippen molar-refractivity contribution in [3.05, 3.63) is 63.6 Å². The zero-order valence-corrected chi connectivity index (χ0v) is 14.2. The van der Waals surface area contributed by atoms with Crippen molar-refractivity contribution in [3.8, 4) is 6.07 Å². The molecule has 0 aliphatic heterocycles. The lowest BCUT2D eigenvalue weighted by atomic mass is 10.1. The molecular weight excluding hydrogens is 383 g/mol. The minimum absolute atomic E-state index is 0.325. The van der Waals surface area contributed by atoms with Gasteiger partial charge in [-0.3, -0.25) is 9.36 Å². The molecule has 0 radical (unpaired) electrons. The fraction of sp³-hybridized carbons (Fsp3) is 0.0667. The summed E-state index contributed by atoms with van der Waals surface area (Å²) in [6.45, 7) is 0. The van der Waals surface area contributed by atoms with Gasteiger partial charge in [0.1, 0.15) is 6.07 Å². The van der Waals surface area contributed by atoms with Gasteiger partial charge in [-0.2, -0.15) is 5.26 Å². The van der Waals surface area contributed by atoms with E-state index in [0.29, 0.717) is 22.4 Å². The molecule has 2 aromatic rings. The molecule has 0 heterocycles. The Morgan fingerprint density at radius 1 is 1.22 bits per heavy atom. The van der Waals surface area contributed by atoms with Crippen LogP contribution in [0.5, 0.6) is 0 Å². The van der Waals surface area contributed by atoms with Crippen molar-refractivity contribution in [1.29, 1.82) is 5.26 Å². The number of hydrogen-bond donors (Lipinski definition) is 3. The van der Waals surface area contributed by atoms with E-state index in [9.17, 15) is 9.36 Å². The van der Waals surface area contributed by atoms with Gasteiger partial charge in [0.25, 0.3) is 5.91 Å². The lowest BCUT2D eigenvalue weighted by Crippen LogP contribution is -2.12. The zero-order valence-electron chi connectivity index (χ0n) is 11.7. The highest BCUT2D eigenvalue weighted by atomic mass is 79.9. The Morgan fingerprint density at radius 3 is 2.43 bits per heavy atom. The van der Waals surface area contributed by atoms with Crippen LogP contribution in [0.1, 0.15) is 21.5 Å². The lowest BCUT2D eigenvalue weighted by molar-refractivity contribution is 0.102. The first-order valence-corrected chi connectivity index (χ1v) is 9.02. The number of hydrogen-bond acceptors (Lipinski definition) is 3. The van der Waals surface area contributed by atoms with Gasteiger partial charge in [0.2, 0.25) is 0 Å². The fourth-order valence-electron chi connectivity index (χ4n) is 1.91. The average Bonchev–Trinajstić information content (AvgIpc) is 2.48. The standard InChI is InChI=1S/C15H12BrN2O4P/c16-13-5-6-14(12(7-13)8-17)18-15(19)11-3-1-10(2-4-11)9-23(20,21)22/h1-7H,9H2,(H,18,19)(H2,20,21,22). The van der Waals surface area contributed by atoms with E-state index in [2.05, 4.69) is 21.2 Å². The fourth-order valence-corrected chi connectivity index (χ4v) is 2.96. The van der Waals surface area contributed by atoms with Crippen LogP contribution in [0.4, 0.5) is 5.69 Å². The van der Waals surface area contributed by atoms with Gasteiger partial charge in [0, 0.05) is 10.0 Å². The van der Waals surface area contributed by atoms with E-state index in [4.69, 9.17) is 15.0 Å². The van der Waals surface area contributed by atoms with E-state index in [-0.39, 0.29) is 6.16 Å². The number of halogens is 1. The van der Waals surface area contributed by atoms with Crippen LogP contribution in [0.2, 0.25) is 0 Å². The highest BCUT2D eigenvalue weighted by Crippen LogP contribution is 2.38. The van der Waals surface area contributed by atoms with Crippen LogP contribution in [0.3, 0.4) is 0 Å². The second-order valence-electron chi connectivity index (χ2n) is 4.78. The summed E-state index contributed by atoms with van der Waals surface area (Å²) >= 11 is 3.25. The molecule has 6 nitrogen and oxygen atoms in total. The summed E-state index contributed by atoms with van der Waals surface area (Å²) in [5.74, 6) is -0.411. The zero-order chi connectivity index (χ0) is 17.0. The molecule has 0 aliphatic carbocycles. The molecule has 2 aromatic carbocycles. The quantitative estimate of drug-likeness (QED) is 0.689. The molecule has 3 N–H and O–H groups in total. The highest BCUT2D eigenvalue weighted by Gasteiger charge is 2.15. The van der Waals surface area contributed by atoms with Crippen LogP contribution < -0.4 is 5.32 Å². The minimum Gasteiger partial charge on any atom is -0.324 e. The average molecular weight is 395 g/mol. The Balaban J connectivity index is 2.16. The first-order valence-electron chi connectivity index (χ1n) is 6.43. The third-order valence-electron chi connectivity index (χ3n) is 2.95. The normalized spacial score (nSPS) is 10.9. The van der Waals surface area contributed by atoms with Crippen molar-refractivity contribution in [2.45, 2.75) is 6.16 Å². The van der Waals surface area contributed by atoms with Gasteiger partial charge in [0.15, 0.2) is 0 Å². The lowest BCUT2D eigenvalue weighted by Gasteiger charge is -2.08. The van der Waals surface area contributed by atoms with Gasteiger partial charge in [0.05, 0.1) is 17.4 Å². The minimum atomic E-state index is -4.14. The van der Waals surface area contributed by atoms with Crippen LogP contribution in [-0.4, -0.2) is 15.7 Å². The number of benzene rings is 2. The Morgan fingerprint density at radius 2 is 1.87 bits per heavy atom. The van der Waals surface area contributed by atoms with Crippen molar-refractivity contribution in [3.63, 3.8) is 0 Å². The number of anilines is 1. The molecule has 2 rings (SSSR count). The van der Waals surface area contributed by atoms with E-state index >= 15 is 0 Å². The van der Waals surface area contributed by atoms with Crippen molar-refractivity contribution in [1.82, 2.24) is 0 Å². The summed E-state index contributed by atoms with van der Waals surface area (Å²) in [7, 11) is -4.14. The van der Waals surface area contributed by atoms with Gasteiger partial charge < -0.3 is 15.1 Å². The third kappa shape index (κ3) is 5.02. The predicted molar refractivity (Wildman–Crippen MR) is 89.0 cm³/mol. The summed E-state index contributed by atoms with van der Waals surface area (Å²) in [6.07, 6.45) is -0.375. The molecule has 0 spiro atoms. The SMILES string of the molecule is N#Cc1cc(Br)ccc1NC(=O)c1ccc(CP(=O)(O)O)cc1. The molecule has 0 saturated carbocycles. The largest absolute Gasteiger partial charge is 0.329 e. The second-order valence-corrected chi connectivity index (χ2v) is 7.34. The van der Waals surface area contributed by atoms with Gasteiger partial charge in [-0.05, 0) is 35.9 Å². The maximum Gasteiger partial charge on any atom is 0.329 e. The van der Waals surface area contributed by atoms with Gasteiger partial charge in [-0.15, -0.1) is 0 Å². The van der Waals surface area contributed by atoms with Crippen molar-refractivity contribution < 1.29 is 19.1 Å². The summed E-state index contributed by atoms with van der Waals surface area (Å²) in [6, 6.07) is 12.8. The second kappa shape index (κ2) is 7.07. The van der Waals surface area contributed by atoms with Crippen LogP contribution in [0.25, 0.3) is 0 Å². The molecule has 1 amide bonds.